The third kappa shape index (κ3) is 5.86. The van der Waals surface area contributed by atoms with Crippen LogP contribution in [0.1, 0.15) is 32.1 Å². The Balaban J connectivity index is 0.00000192. The van der Waals surface area contributed by atoms with Gasteiger partial charge in [0.25, 0.3) is 0 Å². The maximum Gasteiger partial charge on any atom is 0.191 e. The lowest BCUT2D eigenvalue weighted by molar-refractivity contribution is 0.461. The molecule has 1 aliphatic carbocycles. The van der Waals surface area contributed by atoms with Crippen molar-refractivity contribution in [3.05, 3.63) is 30.3 Å². The van der Waals surface area contributed by atoms with Gasteiger partial charge in [-0.25, -0.2) is 0 Å². The normalized spacial score (nSPS) is 19.2. The minimum Gasteiger partial charge on any atom is -0.371 e. The van der Waals surface area contributed by atoms with Crippen molar-refractivity contribution < 1.29 is 0 Å². The summed E-state index contributed by atoms with van der Waals surface area (Å²) >= 11 is 0. The first-order chi connectivity index (χ1) is 10.8. The van der Waals surface area contributed by atoms with Crippen LogP contribution in [-0.2, 0) is 0 Å². The van der Waals surface area contributed by atoms with Gasteiger partial charge in [-0.1, -0.05) is 31.0 Å². The Morgan fingerprint density at radius 1 is 1.13 bits per heavy atom. The average molecular weight is 428 g/mol. The smallest absolute Gasteiger partial charge is 0.191 e. The zero-order valence-corrected chi connectivity index (χ0v) is 16.3. The number of halogens is 1. The molecule has 3 rings (SSSR count). The molecular weight excluding hydrogens is 399 g/mol. The molecule has 0 aromatic heterocycles. The Morgan fingerprint density at radius 3 is 2.43 bits per heavy atom. The summed E-state index contributed by atoms with van der Waals surface area (Å²) in [5.74, 6) is 1.94. The second-order valence-electron chi connectivity index (χ2n) is 6.47. The third-order valence-electron chi connectivity index (χ3n) is 4.72. The van der Waals surface area contributed by atoms with E-state index in [2.05, 4.69) is 50.9 Å². The second-order valence-corrected chi connectivity index (χ2v) is 6.47. The quantitative estimate of drug-likeness (QED) is 0.430. The van der Waals surface area contributed by atoms with Crippen molar-refractivity contribution in [2.24, 2.45) is 10.9 Å². The van der Waals surface area contributed by atoms with Crippen molar-refractivity contribution in [2.75, 3.05) is 31.6 Å². The molecule has 2 aliphatic rings. The molecular formula is C18H29IN4. The minimum absolute atomic E-state index is 0. The highest BCUT2D eigenvalue weighted by Gasteiger charge is 2.22. The standard InChI is InChI=1S/C18H28N4.HI/c1-19-18(20-12-9-15-7-8-15)21-16-10-13-22(14-11-16)17-5-3-2-4-6-17;/h2-6,15-16H,7-14H2,1H3,(H2,19,20,21);1H. The molecule has 23 heavy (non-hydrogen) atoms. The Bertz CT molecular complexity index is 479. The van der Waals surface area contributed by atoms with Crippen LogP contribution in [0, 0.1) is 5.92 Å². The Hall–Kier alpha value is -0.980. The summed E-state index contributed by atoms with van der Waals surface area (Å²) in [4.78, 5) is 6.83. The van der Waals surface area contributed by atoms with E-state index in [-0.39, 0.29) is 24.0 Å². The fourth-order valence-electron chi connectivity index (χ4n) is 3.11. The Morgan fingerprint density at radius 2 is 1.83 bits per heavy atom. The van der Waals surface area contributed by atoms with Crippen LogP contribution in [0.25, 0.3) is 0 Å². The molecule has 0 amide bonds. The van der Waals surface area contributed by atoms with Crippen LogP contribution in [0.3, 0.4) is 0 Å². The number of para-hydroxylation sites is 1. The first-order valence-electron chi connectivity index (χ1n) is 8.62. The molecule has 1 heterocycles. The van der Waals surface area contributed by atoms with Crippen molar-refractivity contribution in [3.8, 4) is 0 Å². The van der Waals surface area contributed by atoms with Crippen molar-refractivity contribution in [1.29, 1.82) is 0 Å². The highest BCUT2D eigenvalue weighted by atomic mass is 127. The lowest BCUT2D eigenvalue weighted by Gasteiger charge is -2.34. The van der Waals surface area contributed by atoms with Crippen LogP contribution in [0.5, 0.6) is 0 Å². The molecule has 0 unspecified atom stereocenters. The van der Waals surface area contributed by atoms with Gasteiger partial charge < -0.3 is 15.5 Å². The highest BCUT2D eigenvalue weighted by Crippen LogP contribution is 2.31. The van der Waals surface area contributed by atoms with Crippen LogP contribution in [-0.4, -0.2) is 38.7 Å². The van der Waals surface area contributed by atoms with Gasteiger partial charge in [0.15, 0.2) is 5.96 Å². The summed E-state index contributed by atoms with van der Waals surface area (Å²) in [7, 11) is 1.87. The lowest BCUT2D eigenvalue weighted by Crippen LogP contribution is -2.48. The van der Waals surface area contributed by atoms with E-state index < -0.39 is 0 Å². The molecule has 5 heteroatoms. The maximum absolute atomic E-state index is 4.36. The average Bonchev–Trinajstić information content (AvgIpc) is 3.40. The van der Waals surface area contributed by atoms with E-state index in [1.807, 2.05) is 7.05 Å². The minimum atomic E-state index is 0. The van der Waals surface area contributed by atoms with Gasteiger partial charge in [-0.2, -0.15) is 0 Å². The topological polar surface area (TPSA) is 39.7 Å². The van der Waals surface area contributed by atoms with Gasteiger partial charge in [0.2, 0.25) is 0 Å². The molecule has 0 bridgehead atoms. The molecule has 0 radical (unpaired) electrons. The summed E-state index contributed by atoms with van der Waals surface area (Å²) in [6, 6.07) is 11.2. The van der Waals surface area contributed by atoms with E-state index in [1.54, 1.807) is 0 Å². The first-order valence-corrected chi connectivity index (χ1v) is 8.62. The summed E-state index contributed by atoms with van der Waals surface area (Å²) in [5.41, 5.74) is 1.34. The van der Waals surface area contributed by atoms with Gasteiger partial charge >= 0.3 is 0 Å². The van der Waals surface area contributed by atoms with Crippen molar-refractivity contribution in [3.63, 3.8) is 0 Å². The Labute approximate surface area is 157 Å². The predicted octanol–water partition coefficient (Wildman–Crippen LogP) is 3.24. The van der Waals surface area contributed by atoms with Gasteiger partial charge in [-0.3, -0.25) is 4.99 Å². The SMILES string of the molecule is CN=C(NCCC1CC1)NC1CCN(c2ccccc2)CC1.I. The number of benzene rings is 1. The van der Waals surface area contributed by atoms with Gasteiger partial charge in [0.1, 0.15) is 0 Å². The summed E-state index contributed by atoms with van der Waals surface area (Å²) in [5, 5.41) is 7.04. The molecule has 1 saturated heterocycles. The number of nitrogens with one attached hydrogen (secondary N) is 2. The molecule has 2 N–H and O–H groups in total. The number of rotatable bonds is 5. The molecule has 0 atom stereocenters. The molecule has 128 valence electrons. The number of piperidine rings is 1. The molecule has 1 aromatic carbocycles. The van der Waals surface area contributed by atoms with Gasteiger partial charge in [-0.05, 0) is 37.3 Å². The fraction of sp³-hybridized carbons (Fsp3) is 0.611. The predicted molar refractivity (Wildman–Crippen MR) is 109 cm³/mol. The van der Waals surface area contributed by atoms with E-state index in [0.717, 1.165) is 44.4 Å². The molecule has 1 saturated carbocycles. The monoisotopic (exact) mass is 428 g/mol. The Kier molecular flexibility index (Phi) is 7.46. The van der Waals surface area contributed by atoms with Crippen LogP contribution in [0.15, 0.2) is 35.3 Å². The molecule has 0 spiro atoms. The van der Waals surface area contributed by atoms with Gasteiger partial charge in [0, 0.05) is 38.4 Å². The fourth-order valence-corrected chi connectivity index (χ4v) is 3.11. The van der Waals surface area contributed by atoms with E-state index in [9.17, 15) is 0 Å². The van der Waals surface area contributed by atoms with E-state index >= 15 is 0 Å². The van der Waals surface area contributed by atoms with Gasteiger partial charge in [0.05, 0.1) is 0 Å². The van der Waals surface area contributed by atoms with Crippen molar-refractivity contribution in [1.82, 2.24) is 10.6 Å². The van der Waals surface area contributed by atoms with Crippen LogP contribution >= 0.6 is 24.0 Å². The van der Waals surface area contributed by atoms with Crippen molar-refractivity contribution >= 4 is 35.6 Å². The van der Waals surface area contributed by atoms with Crippen molar-refractivity contribution in [2.45, 2.75) is 38.1 Å². The number of aliphatic imine (C=N–C) groups is 1. The van der Waals surface area contributed by atoms with Crippen LogP contribution in [0.2, 0.25) is 0 Å². The molecule has 1 aliphatic heterocycles. The largest absolute Gasteiger partial charge is 0.371 e. The van der Waals surface area contributed by atoms with Crippen LogP contribution in [0.4, 0.5) is 5.69 Å². The maximum atomic E-state index is 4.36. The van der Waals surface area contributed by atoms with E-state index in [1.165, 1.54) is 24.9 Å². The van der Waals surface area contributed by atoms with Gasteiger partial charge in [-0.15, -0.1) is 24.0 Å². The summed E-state index contributed by atoms with van der Waals surface area (Å²) in [6.07, 6.45) is 6.46. The molecule has 2 fully saturated rings. The number of nitrogens with zero attached hydrogens (tertiary/aromatic N) is 2. The summed E-state index contributed by atoms with van der Waals surface area (Å²) in [6.45, 7) is 3.27. The zero-order chi connectivity index (χ0) is 15.2. The number of hydrogen-bond acceptors (Lipinski definition) is 2. The number of hydrogen-bond donors (Lipinski definition) is 2. The third-order valence-corrected chi connectivity index (χ3v) is 4.72. The second kappa shape index (κ2) is 9.35. The molecule has 4 nitrogen and oxygen atoms in total. The number of guanidine groups is 1. The van der Waals surface area contributed by atoms with E-state index in [4.69, 9.17) is 0 Å². The first kappa shape index (κ1) is 18.4. The summed E-state index contributed by atoms with van der Waals surface area (Å²) < 4.78 is 0. The lowest BCUT2D eigenvalue weighted by atomic mass is 10.0. The molecule has 1 aromatic rings. The highest BCUT2D eigenvalue weighted by molar-refractivity contribution is 14.0. The number of anilines is 1. The zero-order valence-electron chi connectivity index (χ0n) is 14.0. The van der Waals surface area contributed by atoms with Crippen LogP contribution < -0.4 is 15.5 Å². The van der Waals surface area contributed by atoms with E-state index in [0.29, 0.717) is 6.04 Å².